The maximum Gasteiger partial charge on any atom is 0.276 e. The Bertz CT molecular complexity index is 766. The Morgan fingerprint density at radius 3 is 2.48 bits per heavy atom. The summed E-state index contributed by atoms with van der Waals surface area (Å²) >= 11 is 7.34. The first-order valence-corrected chi connectivity index (χ1v) is 9.17. The van der Waals surface area contributed by atoms with Crippen LogP contribution < -0.4 is 9.47 Å². The molecule has 0 saturated carbocycles. The van der Waals surface area contributed by atoms with Crippen LogP contribution in [0.1, 0.15) is 12.3 Å². The topological polar surface area (TPSA) is 57.4 Å². The van der Waals surface area contributed by atoms with Gasteiger partial charge < -0.3 is 13.9 Å². The molecule has 1 heterocycles. The number of rotatable bonds is 9. The lowest BCUT2D eigenvalue weighted by molar-refractivity contribution is 0.252. The van der Waals surface area contributed by atoms with E-state index in [-0.39, 0.29) is 6.61 Å². The highest BCUT2D eigenvalue weighted by Gasteiger charge is 2.07. The smallest absolute Gasteiger partial charge is 0.276 e. The zero-order chi connectivity index (χ0) is 17.3. The van der Waals surface area contributed by atoms with E-state index in [1.165, 1.54) is 11.8 Å². The first kappa shape index (κ1) is 17.6. The third-order valence-corrected chi connectivity index (χ3v) is 4.31. The Balaban J connectivity index is 1.34. The van der Waals surface area contributed by atoms with E-state index in [0.717, 1.165) is 17.9 Å². The molecule has 130 valence electrons. The molecular formula is C18H17ClN2O3S. The van der Waals surface area contributed by atoms with E-state index in [2.05, 4.69) is 10.2 Å². The van der Waals surface area contributed by atoms with E-state index in [9.17, 15) is 0 Å². The van der Waals surface area contributed by atoms with Gasteiger partial charge in [-0.25, -0.2) is 0 Å². The predicted molar refractivity (Wildman–Crippen MR) is 97.4 cm³/mol. The number of ether oxygens (including phenoxy) is 2. The quantitative estimate of drug-likeness (QED) is 0.392. The molecule has 3 aromatic rings. The molecule has 2 aromatic carbocycles. The summed E-state index contributed by atoms with van der Waals surface area (Å²) in [6.45, 7) is 0.879. The van der Waals surface area contributed by atoms with Crippen LogP contribution in [0.3, 0.4) is 0 Å². The van der Waals surface area contributed by atoms with E-state index >= 15 is 0 Å². The Kier molecular flexibility index (Phi) is 6.59. The predicted octanol–water partition coefficient (Wildman–Crippen LogP) is 4.86. The monoisotopic (exact) mass is 376 g/mol. The molecule has 0 atom stereocenters. The second kappa shape index (κ2) is 9.34. The van der Waals surface area contributed by atoms with E-state index in [4.69, 9.17) is 25.5 Å². The minimum absolute atomic E-state index is 0.228. The van der Waals surface area contributed by atoms with E-state index < -0.39 is 0 Å². The molecule has 0 N–H and O–H groups in total. The number of hydrogen-bond donors (Lipinski definition) is 0. The zero-order valence-electron chi connectivity index (χ0n) is 13.4. The molecule has 0 unspecified atom stereocenters. The second-order valence-corrected chi connectivity index (χ2v) is 6.55. The number of hydrogen-bond acceptors (Lipinski definition) is 6. The van der Waals surface area contributed by atoms with Crippen molar-refractivity contribution in [2.75, 3.05) is 12.4 Å². The minimum Gasteiger partial charge on any atom is -0.494 e. The number of aromatic nitrogens is 2. The van der Waals surface area contributed by atoms with Crippen LogP contribution in [0.4, 0.5) is 0 Å². The molecule has 0 bridgehead atoms. The molecule has 0 fully saturated rings. The van der Waals surface area contributed by atoms with Gasteiger partial charge in [-0.05, 0) is 42.8 Å². The van der Waals surface area contributed by atoms with Crippen LogP contribution in [0.25, 0.3) is 0 Å². The Morgan fingerprint density at radius 2 is 1.68 bits per heavy atom. The summed E-state index contributed by atoms with van der Waals surface area (Å²) in [5, 5.41) is 9.18. The third-order valence-electron chi connectivity index (χ3n) is 3.15. The van der Waals surface area contributed by atoms with Crippen molar-refractivity contribution in [2.45, 2.75) is 18.3 Å². The highest BCUT2D eigenvalue weighted by molar-refractivity contribution is 7.99. The summed E-state index contributed by atoms with van der Waals surface area (Å²) in [5.41, 5.74) is 0. The van der Waals surface area contributed by atoms with Gasteiger partial charge in [-0.3, -0.25) is 0 Å². The Labute approximate surface area is 155 Å². The molecule has 25 heavy (non-hydrogen) atoms. The Hall–Kier alpha value is -2.18. The molecule has 1 aromatic heterocycles. The van der Waals surface area contributed by atoms with Crippen molar-refractivity contribution >= 4 is 23.4 Å². The summed E-state index contributed by atoms with van der Waals surface area (Å²) < 4.78 is 16.7. The van der Waals surface area contributed by atoms with E-state index in [0.29, 0.717) is 28.5 Å². The lowest BCUT2D eigenvalue weighted by Crippen LogP contribution is -1.98. The summed E-state index contributed by atoms with van der Waals surface area (Å²) in [4.78, 5) is 0. The third kappa shape index (κ3) is 5.99. The maximum absolute atomic E-state index is 5.83. The van der Waals surface area contributed by atoms with E-state index in [1.54, 1.807) is 24.3 Å². The van der Waals surface area contributed by atoms with Gasteiger partial charge in [-0.1, -0.05) is 41.6 Å². The van der Waals surface area contributed by atoms with Gasteiger partial charge in [0.15, 0.2) is 6.61 Å². The molecule has 0 spiro atoms. The van der Waals surface area contributed by atoms with E-state index in [1.807, 2.05) is 30.3 Å². The summed E-state index contributed by atoms with van der Waals surface area (Å²) in [6.07, 6.45) is 0.887. The highest BCUT2D eigenvalue weighted by Crippen LogP contribution is 2.20. The van der Waals surface area contributed by atoms with Gasteiger partial charge in [-0.15, -0.1) is 10.2 Å². The normalized spacial score (nSPS) is 10.6. The lowest BCUT2D eigenvalue weighted by Gasteiger charge is -2.04. The molecule has 0 saturated heterocycles. The molecule has 0 aliphatic rings. The summed E-state index contributed by atoms with van der Waals surface area (Å²) in [5.74, 6) is 2.87. The number of benzene rings is 2. The first-order chi connectivity index (χ1) is 12.3. The van der Waals surface area contributed by atoms with Gasteiger partial charge in [0.05, 0.1) is 6.61 Å². The first-order valence-electron chi connectivity index (χ1n) is 7.81. The molecular weight excluding hydrogens is 360 g/mol. The maximum atomic E-state index is 5.83. The average molecular weight is 377 g/mol. The molecule has 0 aliphatic heterocycles. The average Bonchev–Trinajstić information content (AvgIpc) is 3.10. The van der Waals surface area contributed by atoms with Crippen molar-refractivity contribution in [1.29, 1.82) is 0 Å². The fourth-order valence-electron chi connectivity index (χ4n) is 1.96. The summed E-state index contributed by atoms with van der Waals surface area (Å²) in [6, 6.07) is 16.9. The summed E-state index contributed by atoms with van der Waals surface area (Å²) in [7, 11) is 0. The van der Waals surface area contributed by atoms with Crippen LogP contribution in [0.15, 0.2) is 64.2 Å². The van der Waals surface area contributed by atoms with Gasteiger partial charge in [0.2, 0.25) is 0 Å². The van der Waals surface area contributed by atoms with Crippen LogP contribution >= 0.6 is 23.4 Å². The van der Waals surface area contributed by atoms with Gasteiger partial charge in [0, 0.05) is 10.8 Å². The Morgan fingerprint density at radius 1 is 0.920 bits per heavy atom. The lowest BCUT2D eigenvalue weighted by atomic mass is 10.3. The molecule has 5 nitrogen and oxygen atoms in total. The second-order valence-electron chi connectivity index (χ2n) is 5.07. The number of para-hydroxylation sites is 1. The van der Waals surface area contributed by atoms with Gasteiger partial charge in [0.1, 0.15) is 11.5 Å². The highest BCUT2D eigenvalue weighted by atomic mass is 35.5. The van der Waals surface area contributed by atoms with Crippen LogP contribution in [-0.4, -0.2) is 22.6 Å². The molecule has 0 amide bonds. The van der Waals surface area contributed by atoms with Crippen LogP contribution in [0.5, 0.6) is 11.5 Å². The van der Waals surface area contributed by atoms with Gasteiger partial charge in [0.25, 0.3) is 11.1 Å². The SMILES string of the molecule is Clc1ccc(OCc2nnc(SCCCOc3ccccc3)o2)cc1. The van der Waals surface area contributed by atoms with Crippen molar-refractivity contribution in [2.24, 2.45) is 0 Å². The zero-order valence-corrected chi connectivity index (χ0v) is 15.0. The fourth-order valence-corrected chi connectivity index (χ4v) is 2.77. The number of halogens is 1. The van der Waals surface area contributed by atoms with Gasteiger partial charge in [-0.2, -0.15) is 0 Å². The number of nitrogens with zero attached hydrogens (tertiary/aromatic N) is 2. The minimum atomic E-state index is 0.228. The van der Waals surface area contributed by atoms with Crippen molar-refractivity contribution in [1.82, 2.24) is 10.2 Å². The molecule has 0 aliphatic carbocycles. The van der Waals surface area contributed by atoms with Crippen molar-refractivity contribution in [3.63, 3.8) is 0 Å². The van der Waals surface area contributed by atoms with Crippen molar-refractivity contribution in [3.05, 3.63) is 65.5 Å². The molecule has 7 heteroatoms. The van der Waals surface area contributed by atoms with Crippen LogP contribution in [0, 0.1) is 0 Å². The van der Waals surface area contributed by atoms with Crippen LogP contribution in [-0.2, 0) is 6.61 Å². The standard InChI is InChI=1S/C18H17ClN2O3S/c19-14-7-9-16(10-8-14)23-13-17-20-21-18(24-17)25-12-4-11-22-15-5-2-1-3-6-15/h1-3,5-10H,4,11-13H2. The molecule has 0 radical (unpaired) electrons. The van der Waals surface area contributed by atoms with Crippen molar-refractivity contribution in [3.8, 4) is 11.5 Å². The number of thioether (sulfide) groups is 1. The van der Waals surface area contributed by atoms with Crippen LogP contribution in [0.2, 0.25) is 5.02 Å². The molecule has 3 rings (SSSR count). The van der Waals surface area contributed by atoms with Crippen molar-refractivity contribution < 1.29 is 13.9 Å². The largest absolute Gasteiger partial charge is 0.494 e. The fraction of sp³-hybridized carbons (Fsp3) is 0.222. The van der Waals surface area contributed by atoms with Gasteiger partial charge >= 0.3 is 0 Å².